The van der Waals surface area contributed by atoms with Crippen LogP contribution in [0.2, 0.25) is 0 Å². The van der Waals surface area contributed by atoms with Gasteiger partial charge in [-0.2, -0.15) is 5.26 Å². The van der Waals surface area contributed by atoms with Crippen molar-refractivity contribution in [3.05, 3.63) is 145 Å². The van der Waals surface area contributed by atoms with Crippen LogP contribution in [0.5, 0.6) is 11.5 Å². The van der Waals surface area contributed by atoms with Crippen molar-refractivity contribution in [1.82, 2.24) is 14.8 Å². The van der Waals surface area contributed by atoms with Gasteiger partial charge in [0.25, 0.3) is 0 Å². The van der Waals surface area contributed by atoms with Crippen molar-refractivity contribution >= 4 is 33.7 Å². The van der Waals surface area contributed by atoms with E-state index in [2.05, 4.69) is 101 Å². The molecule has 2 aromatic heterocycles. The predicted molar refractivity (Wildman–Crippen MR) is 334 cm³/mol. The zero-order valence-corrected chi connectivity index (χ0v) is 49.9. The Labute approximate surface area is 492 Å². The molecule has 0 amide bonds. The van der Waals surface area contributed by atoms with Crippen LogP contribution >= 0.6 is 0 Å². The number of hydrogen-bond donors (Lipinski definition) is 0. The third kappa shape index (κ3) is 17.7. The molecule has 0 N–H and O–H groups in total. The van der Waals surface area contributed by atoms with E-state index in [9.17, 15) is 9.59 Å². The van der Waals surface area contributed by atoms with E-state index in [1.807, 2.05) is 94.4 Å². The lowest BCUT2D eigenvalue weighted by Crippen LogP contribution is -2.38. The van der Waals surface area contributed by atoms with Crippen LogP contribution in [0.3, 0.4) is 0 Å². The molecule has 1 unspecified atom stereocenters. The first kappa shape index (κ1) is 61.4. The third-order valence-corrected chi connectivity index (χ3v) is 16.3. The summed E-state index contributed by atoms with van der Waals surface area (Å²) < 4.78 is 32.0. The van der Waals surface area contributed by atoms with Gasteiger partial charge in [0.2, 0.25) is 11.8 Å². The number of benzene rings is 6. The molecule has 0 saturated heterocycles. The molecular weight excluding hydrogens is 1030 g/mol. The lowest BCUT2D eigenvalue weighted by atomic mass is 9.72. The quantitative estimate of drug-likeness (QED) is 0.0279. The number of esters is 2. The molecule has 83 heavy (non-hydrogen) atoms. The van der Waals surface area contributed by atoms with Crippen LogP contribution in [0, 0.1) is 22.2 Å². The van der Waals surface area contributed by atoms with E-state index in [0.29, 0.717) is 50.0 Å². The number of nitrogens with zero attached hydrogens (tertiary/aromatic N) is 4. The summed E-state index contributed by atoms with van der Waals surface area (Å²) >= 11 is 0. The molecule has 0 spiro atoms. The fraction of sp³-hybridized carbons (Fsp3) is 0.431. The summed E-state index contributed by atoms with van der Waals surface area (Å²) in [7, 11) is 2.09. The lowest BCUT2D eigenvalue weighted by Gasteiger charge is -2.33. The first-order chi connectivity index (χ1) is 40.4. The van der Waals surface area contributed by atoms with Crippen molar-refractivity contribution in [2.45, 2.75) is 156 Å². The Morgan fingerprint density at radius 1 is 0.482 bits per heavy atom. The third-order valence-electron chi connectivity index (χ3n) is 16.3. The highest BCUT2D eigenvalue weighted by Crippen LogP contribution is 2.39. The molecule has 1 atom stereocenters. The Bertz CT molecular complexity index is 3320. The maximum atomic E-state index is 13.3. The molecule has 6 aromatic carbocycles. The SMILES string of the molecule is CCC(C)(CC(C)(C)C(=O)OCCCCCCCCCCCOc1ccc(-c2ccc(-c3nnc(-c4ccc5c(c4)c4ccccc4n5C)o3)cc2)cc1)C(=O)OCCCCCCCCCCCOc1ccc(-c2ccc(C#N)cc2)cc1. The van der Waals surface area contributed by atoms with Gasteiger partial charge in [-0.25, -0.2) is 0 Å². The zero-order valence-electron chi connectivity index (χ0n) is 49.9. The molecule has 11 nitrogen and oxygen atoms in total. The van der Waals surface area contributed by atoms with Gasteiger partial charge in [0.15, 0.2) is 0 Å². The maximum Gasteiger partial charge on any atom is 0.311 e. The first-order valence-corrected chi connectivity index (χ1v) is 30.7. The number of unbranched alkanes of at least 4 members (excludes halogenated alkanes) is 16. The number of carbonyl (C=O) groups excluding carboxylic acids is 2. The largest absolute Gasteiger partial charge is 0.494 e. The highest BCUT2D eigenvalue weighted by atomic mass is 16.5. The molecule has 436 valence electrons. The molecular formula is C72H86N4O7. The second-order valence-corrected chi connectivity index (χ2v) is 23.3. The van der Waals surface area contributed by atoms with E-state index in [4.69, 9.17) is 28.6 Å². The van der Waals surface area contributed by atoms with Crippen molar-refractivity contribution in [3.63, 3.8) is 0 Å². The van der Waals surface area contributed by atoms with Crippen LogP contribution in [-0.2, 0) is 26.1 Å². The molecule has 0 radical (unpaired) electrons. The van der Waals surface area contributed by atoms with Gasteiger partial charge in [-0.1, -0.05) is 164 Å². The van der Waals surface area contributed by atoms with E-state index >= 15 is 0 Å². The fourth-order valence-corrected chi connectivity index (χ4v) is 11.1. The second kappa shape index (κ2) is 31.1. The van der Waals surface area contributed by atoms with E-state index < -0.39 is 10.8 Å². The lowest BCUT2D eigenvalue weighted by molar-refractivity contribution is -0.163. The van der Waals surface area contributed by atoms with Crippen LogP contribution in [0.15, 0.2) is 144 Å². The van der Waals surface area contributed by atoms with Crippen LogP contribution in [0.1, 0.15) is 162 Å². The Kier molecular flexibility index (Phi) is 23.0. The van der Waals surface area contributed by atoms with Gasteiger partial charge in [-0.15, -0.1) is 10.2 Å². The Balaban J connectivity index is 0.595. The molecule has 0 bridgehead atoms. The number of aryl methyl sites for hydroxylation is 1. The number of carbonyl (C=O) groups is 2. The van der Waals surface area contributed by atoms with E-state index in [1.165, 1.54) is 62.3 Å². The topological polar surface area (TPSA) is 139 Å². The van der Waals surface area contributed by atoms with Crippen molar-refractivity contribution in [2.24, 2.45) is 17.9 Å². The average molecular weight is 1120 g/mol. The summed E-state index contributed by atoms with van der Waals surface area (Å²) in [6, 6.07) is 49.1. The maximum absolute atomic E-state index is 13.3. The highest BCUT2D eigenvalue weighted by Gasteiger charge is 2.43. The summed E-state index contributed by atoms with van der Waals surface area (Å²) in [5.74, 6) is 2.29. The molecule has 0 aliphatic rings. The van der Waals surface area contributed by atoms with Gasteiger partial charge in [-0.05, 0) is 154 Å². The Morgan fingerprint density at radius 2 is 0.880 bits per heavy atom. The number of nitriles is 1. The summed E-state index contributed by atoms with van der Waals surface area (Å²) in [6.45, 7) is 9.95. The van der Waals surface area contributed by atoms with Crippen molar-refractivity contribution in [3.8, 4) is 62.7 Å². The molecule has 8 rings (SSSR count). The van der Waals surface area contributed by atoms with Gasteiger partial charge in [0.05, 0.1) is 48.9 Å². The van der Waals surface area contributed by atoms with E-state index in [-0.39, 0.29) is 11.9 Å². The van der Waals surface area contributed by atoms with Crippen LogP contribution in [0.25, 0.3) is 67.0 Å². The number of fused-ring (bicyclic) bond motifs is 3. The molecule has 8 aromatic rings. The highest BCUT2D eigenvalue weighted by molar-refractivity contribution is 6.09. The summed E-state index contributed by atoms with van der Waals surface area (Å²) in [6.07, 6.45) is 21.1. The number of aromatic nitrogens is 3. The minimum atomic E-state index is -0.787. The minimum absolute atomic E-state index is 0.218. The van der Waals surface area contributed by atoms with Gasteiger partial charge in [-0.3, -0.25) is 9.59 Å². The average Bonchev–Trinajstić information content (AvgIpc) is 4.13. The van der Waals surface area contributed by atoms with E-state index in [0.717, 1.165) is 127 Å². The Hall–Kier alpha value is -7.71. The number of ether oxygens (including phenoxy) is 4. The minimum Gasteiger partial charge on any atom is -0.494 e. The monoisotopic (exact) mass is 1120 g/mol. The first-order valence-electron chi connectivity index (χ1n) is 30.7. The number of hydrogen-bond acceptors (Lipinski definition) is 10. The Morgan fingerprint density at radius 3 is 1.37 bits per heavy atom. The number of para-hydroxylation sites is 1. The predicted octanol–water partition coefficient (Wildman–Crippen LogP) is 18.7. The standard InChI is InChI=1S/C72H86N4O7/c1-6-72(4,70(78)82-50-26-20-16-12-8-10-14-18-23-47-79-61-42-37-57(38-43-61)55-31-29-54(52-73)30-32-55)53-71(2,3)69(77)81-49-25-19-15-11-7-9-13-17-24-48-80-62-44-39-58(40-45-62)56-33-35-59(36-34-56)67-74-75-68(83-67)60-41-46-66-64(51-60)63-27-21-22-28-65(63)76(66)5/h21-22,27-46,51H,6-20,23-26,47-50,53H2,1-5H3. The fourth-order valence-electron chi connectivity index (χ4n) is 11.1. The van der Waals surface area contributed by atoms with Crippen molar-refractivity contribution in [1.29, 1.82) is 5.26 Å². The van der Waals surface area contributed by atoms with Crippen molar-refractivity contribution < 1.29 is 33.0 Å². The number of rotatable bonds is 35. The molecule has 2 heterocycles. The van der Waals surface area contributed by atoms with Crippen LogP contribution in [-0.4, -0.2) is 53.1 Å². The molecule has 11 heteroatoms. The smallest absolute Gasteiger partial charge is 0.311 e. The van der Waals surface area contributed by atoms with Crippen LogP contribution in [0.4, 0.5) is 0 Å². The molecule has 0 saturated carbocycles. The molecule has 0 aliphatic heterocycles. The van der Waals surface area contributed by atoms with Gasteiger partial charge in [0, 0.05) is 40.0 Å². The summed E-state index contributed by atoms with van der Waals surface area (Å²) in [4.78, 5) is 26.5. The summed E-state index contributed by atoms with van der Waals surface area (Å²) in [5.41, 5.74) is 7.66. The van der Waals surface area contributed by atoms with Gasteiger partial charge >= 0.3 is 11.9 Å². The van der Waals surface area contributed by atoms with Crippen LogP contribution < -0.4 is 9.47 Å². The molecule has 0 fully saturated rings. The molecule has 0 aliphatic carbocycles. The summed E-state index contributed by atoms with van der Waals surface area (Å²) in [5, 5.41) is 20.2. The van der Waals surface area contributed by atoms with Crippen molar-refractivity contribution in [2.75, 3.05) is 26.4 Å². The normalized spacial score (nSPS) is 12.3. The van der Waals surface area contributed by atoms with Gasteiger partial charge in [0.1, 0.15) is 11.5 Å². The van der Waals surface area contributed by atoms with Gasteiger partial charge < -0.3 is 27.9 Å². The zero-order chi connectivity index (χ0) is 58.3. The second-order valence-electron chi connectivity index (χ2n) is 23.3. The van der Waals surface area contributed by atoms with E-state index in [1.54, 1.807) is 0 Å².